The van der Waals surface area contributed by atoms with Gasteiger partial charge < -0.3 is 10.4 Å². The number of amides is 1. The Balaban J connectivity index is 2.74. The summed E-state index contributed by atoms with van der Waals surface area (Å²) in [5.41, 5.74) is 1.41. The molecular formula is C11H14ClNO2. The average Bonchev–Trinajstić information content (AvgIpc) is 2.14. The van der Waals surface area contributed by atoms with Crippen LogP contribution < -0.4 is 5.32 Å². The number of aryl methyl sites for hydroxylation is 1. The first-order valence-corrected chi connectivity index (χ1v) is 5.11. The van der Waals surface area contributed by atoms with Gasteiger partial charge in [0.1, 0.15) is 0 Å². The number of nitrogens with one attached hydrogen (secondary N) is 1. The molecule has 0 fully saturated rings. The summed E-state index contributed by atoms with van der Waals surface area (Å²) in [6, 6.07) is 5.08. The second-order valence-corrected chi connectivity index (χ2v) is 3.95. The number of benzene rings is 1. The summed E-state index contributed by atoms with van der Waals surface area (Å²) < 4.78 is 0. The van der Waals surface area contributed by atoms with Gasteiger partial charge in [-0.2, -0.15) is 0 Å². The molecule has 15 heavy (non-hydrogen) atoms. The van der Waals surface area contributed by atoms with Crippen LogP contribution in [0.2, 0.25) is 5.02 Å². The van der Waals surface area contributed by atoms with E-state index in [2.05, 4.69) is 5.32 Å². The summed E-state index contributed by atoms with van der Waals surface area (Å²) >= 11 is 5.78. The highest BCUT2D eigenvalue weighted by Crippen LogP contribution is 2.14. The minimum atomic E-state index is -0.540. The lowest BCUT2D eigenvalue weighted by molar-refractivity contribution is 0.0923. The predicted molar refractivity (Wildman–Crippen MR) is 60.2 cm³/mol. The largest absolute Gasteiger partial charge is 0.392 e. The summed E-state index contributed by atoms with van der Waals surface area (Å²) in [6.07, 6.45) is -0.540. The zero-order valence-electron chi connectivity index (χ0n) is 8.75. The maximum absolute atomic E-state index is 11.6. The van der Waals surface area contributed by atoms with Crippen molar-refractivity contribution < 1.29 is 9.90 Å². The summed E-state index contributed by atoms with van der Waals surface area (Å²) in [6.45, 7) is 3.69. The van der Waals surface area contributed by atoms with Crippen LogP contribution in [0.5, 0.6) is 0 Å². The lowest BCUT2D eigenvalue weighted by Crippen LogP contribution is -2.30. The standard InChI is InChI=1S/C11H14ClNO2/c1-7-5-9(12)3-4-10(7)11(15)13-6-8(2)14/h3-5,8,14H,6H2,1-2H3,(H,13,15). The van der Waals surface area contributed by atoms with E-state index in [9.17, 15) is 4.79 Å². The number of halogens is 1. The normalized spacial score (nSPS) is 12.3. The number of carbonyl (C=O) groups excluding carboxylic acids is 1. The molecule has 1 unspecified atom stereocenters. The molecule has 0 saturated heterocycles. The lowest BCUT2D eigenvalue weighted by Gasteiger charge is -2.09. The van der Waals surface area contributed by atoms with Crippen molar-refractivity contribution in [2.45, 2.75) is 20.0 Å². The van der Waals surface area contributed by atoms with Crippen molar-refractivity contribution in [1.29, 1.82) is 0 Å². The van der Waals surface area contributed by atoms with Gasteiger partial charge in [-0.25, -0.2) is 0 Å². The summed E-state index contributed by atoms with van der Waals surface area (Å²) in [4.78, 5) is 11.6. The minimum Gasteiger partial charge on any atom is -0.392 e. The van der Waals surface area contributed by atoms with Crippen LogP contribution >= 0.6 is 11.6 Å². The summed E-state index contributed by atoms with van der Waals surface area (Å²) in [5, 5.41) is 12.3. The summed E-state index contributed by atoms with van der Waals surface area (Å²) in [5.74, 6) is -0.190. The number of carbonyl (C=O) groups is 1. The Hall–Kier alpha value is -1.06. The van der Waals surface area contributed by atoms with Gasteiger partial charge in [-0.15, -0.1) is 0 Å². The molecule has 1 aromatic carbocycles. The molecule has 0 aliphatic carbocycles. The minimum absolute atomic E-state index is 0.190. The zero-order chi connectivity index (χ0) is 11.4. The molecule has 0 radical (unpaired) electrons. The van der Waals surface area contributed by atoms with E-state index in [0.717, 1.165) is 5.56 Å². The molecule has 1 amide bonds. The van der Waals surface area contributed by atoms with Crippen LogP contribution in [-0.4, -0.2) is 23.7 Å². The van der Waals surface area contributed by atoms with E-state index in [4.69, 9.17) is 16.7 Å². The van der Waals surface area contributed by atoms with E-state index in [1.165, 1.54) is 0 Å². The molecule has 3 nitrogen and oxygen atoms in total. The number of aliphatic hydroxyl groups excluding tert-OH is 1. The molecule has 4 heteroatoms. The highest BCUT2D eigenvalue weighted by Gasteiger charge is 2.09. The Morgan fingerprint density at radius 2 is 2.27 bits per heavy atom. The van der Waals surface area contributed by atoms with Crippen molar-refractivity contribution >= 4 is 17.5 Å². The molecule has 2 N–H and O–H groups in total. The van der Waals surface area contributed by atoms with E-state index < -0.39 is 6.10 Å². The fraction of sp³-hybridized carbons (Fsp3) is 0.364. The molecular weight excluding hydrogens is 214 g/mol. The Morgan fingerprint density at radius 3 is 2.80 bits per heavy atom. The number of hydrogen-bond donors (Lipinski definition) is 2. The van der Waals surface area contributed by atoms with E-state index >= 15 is 0 Å². The maximum atomic E-state index is 11.6. The highest BCUT2D eigenvalue weighted by atomic mass is 35.5. The van der Waals surface area contributed by atoms with Crippen LogP contribution in [0, 0.1) is 6.92 Å². The summed E-state index contributed by atoms with van der Waals surface area (Å²) in [7, 11) is 0. The molecule has 82 valence electrons. The smallest absolute Gasteiger partial charge is 0.251 e. The van der Waals surface area contributed by atoms with Gasteiger partial charge in [0.25, 0.3) is 5.91 Å². The van der Waals surface area contributed by atoms with Crippen LogP contribution in [0.25, 0.3) is 0 Å². The fourth-order valence-electron chi connectivity index (χ4n) is 1.22. The lowest BCUT2D eigenvalue weighted by atomic mass is 10.1. The SMILES string of the molecule is Cc1cc(Cl)ccc1C(=O)NCC(C)O. The third kappa shape index (κ3) is 3.53. The van der Waals surface area contributed by atoms with Crippen LogP contribution in [0.1, 0.15) is 22.8 Å². The van der Waals surface area contributed by atoms with E-state index in [-0.39, 0.29) is 12.5 Å². The first kappa shape index (κ1) is 12.0. The van der Waals surface area contributed by atoms with Gasteiger partial charge in [-0.1, -0.05) is 11.6 Å². The molecule has 0 spiro atoms. The van der Waals surface area contributed by atoms with Gasteiger partial charge in [-0.05, 0) is 37.6 Å². The second-order valence-electron chi connectivity index (χ2n) is 3.52. The van der Waals surface area contributed by atoms with Crippen molar-refractivity contribution in [2.24, 2.45) is 0 Å². The zero-order valence-corrected chi connectivity index (χ0v) is 9.51. The van der Waals surface area contributed by atoms with Gasteiger partial charge in [0.15, 0.2) is 0 Å². The van der Waals surface area contributed by atoms with Gasteiger partial charge in [0, 0.05) is 17.1 Å². The number of hydrogen-bond acceptors (Lipinski definition) is 2. The predicted octanol–water partition coefficient (Wildman–Crippen LogP) is 1.76. The van der Waals surface area contributed by atoms with Crippen LogP contribution in [-0.2, 0) is 0 Å². The molecule has 0 aromatic heterocycles. The Labute approximate surface area is 94.1 Å². The Kier molecular flexibility index (Phi) is 4.12. The molecule has 0 saturated carbocycles. The van der Waals surface area contributed by atoms with Crippen molar-refractivity contribution in [3.05, 3.63) is 34.3 Å². The second kappa shape index (κ2) is 5.14. The number of aliphatic hydroxyl groups is 1. The Morgan fingerprint density at radius 1 is 1.60 bits per heavy atom. The van der Waals surface area contributed by atoms with Crippen molar-refractivity contribution in [1.82, 2.24) is 5.32 Å². The quantitative estimate of drug-likeness (QED) is 0.827. The van der Waals surface area contributed by atoms with Crippen molar-refractivity contribution in [3.8, 4) is 0 Å². The van der Waals surface area contributed by atoms with Crippen LogP contribution in [0.15, 0.2) is 18.2 Å². The van der Waals surface area contributed by atoms with Crippen molar-refractivity contribution in [3.63, 3.8) is 0 Å². The van der Waals surface area contributed by atoms with Gasteiger partial charge in [0.2, 0.25) is 0 Å². The molecule has 0 heterocycles. The molecule has 0 bridgehead atoms. The molecule has 0 aliphatic heterocycles. The van der Waals surface area contributed by atoms with Gasteiger partial charge in [0.05, 0.1) is 6.10 Å². The average molecular weight is 228 g/mol. The third-order valence-corrected chi connectivity index (χ3v) is 2.23. The van der Waals surface area contributed by atoms with Gasteiger partial charge in [-0.3, -0.25) is 4.79 Å². The highest BCUT2D eigenvalue weighted by molar-refractivity contribution is 6.30. The van der Waals surface area contributed by atoms with Gasteiger partial charge >= 0.3 is 0 Å². The third-order valence-electron chi connectivity index (χ3n) is 1.99. The van der Waals surface area contributed by atoms with E-state index in [0.29, 0.717) is 10.6 Å². The topological polar surface area (TPSA) is 49.3 Å². The van der Waals surface area contributed by atoms with E-state index in [1.807, 2.05) is 6.92 Å². The maximum Gasteiger partial charge on any atom is 0.251 e. The Bertz CT molecular complexity index is 364. The fourth-order valence-corrected chi connectivity index (χ4v) is 1.44. The first-order chi connectivity index (χ1) is 7.00. The molecule has 0 aliphatic rings. The monoisotopic (exact) mass is 227 g/mol. The van der Waals surface area contributed by atoms with Crippen molar-refractivity contribution in [2.75, 3.05) is 6.54 Å². The molecule has 1 rings (SSSR count). The number of rotatable bonds is 3. The van der Waals surface area contributed by atoms with E-state index in [1.54, 1.807) is 25.1 Å². The van der Waals surface area contributed by atoms with Crippen LogP contribution in [0.3, 0.4) is 0 Å². The van der Waals surface area contributed by atoms with Crippen LogP contribution in [0.4, 0.5) is 0 Å². The first-order valence-electron chi connectivity index (χ1n) is 4.73. The molecule has 1 aromatic rings. The molecule has 1 atom stereocenters.